The summed E-state index contributed by atoms with van der Waals surface area (Å²) in [5, 5.41) is 16.0. The molecule has 4 aromatic rings. The van der Waals surface area contributed by atoms with Gasteiger partial charge in [-0.3, -0.25) is 19.8 Å². The van der Waals surface area contributed by atoms with Crippen LogP contribution in [0.4, 0.5) is 0 Å². The lowest BCUT2D eigenvalue weighted by Crippen LogP contribution is -2.49. The zero-order valence-corrected chi connectivity index (χ0v) is 24.4. The fourth-order valence-electron chi connectivity index (χ4n) is 5.58. The van der Waals surface area contributed by atoms with Crippen molar-refractivity contribution >= 4 is 45.8 Å². The number of fused-ring (bicyclic) bond motifs is 1. The first kappa shape index (κ1) is 28.6. The molecule has 1 spiro atoms. The zero-order chi connectivity index (χ0) is 30.1. The largest absolute Gasteiger partial charge is 0.384 e. The SMILES string of the molecule is Cn1ccc2cc(-c3ccc(C(=O)NCC(=O)N4CC5(C[C@H]4C(=O)NCc4cc(C(=N)N)cs4)OCCO5)cc3)ccc21. The van der Waals surface area contributed by atoms with E-state index < -0.39 is 17.7 Å². The van der Waals surface area contributed by atoms with Gasteiger partial charge in [-0.2, -0.15) is 0 Å². The Morgan fingerprint density at radius 3 is 2.49 bits per heavy atom. The van der Waals surface area contributed by atoms with Gasteiger partial charge in [0.25, 0.3) is 5.91 Å². The van der Waals surface area contributed by atoms with Crippen molar-refractivity contribution in [3.05, 3.63) is 82.2 Å². The average molecular weight is 601 g/mol. The number of rotatable bonds is 8. The molecule has 2 saturated heterocycles. The molecule has 43 heavy (non-hydrogen) atoms. The van der Waals surface area contributed by atoms with E-state index in [-0.39, 0.29) is 43.7 Å². The summed E-state index contributed by atoms with van der Waals surface area (Å²) in [7, 11) is 2.01. The second-order valence-electron chi connectivity index (χ2n) is 10.7. The molecule has 0 aliphatic carbocycles. The molecule has 0 unspecified atom stereocenters. The monoisotopic (exact) mass is 600 g/mol. The van der Waals surface area contributed by atoms with Crippen LogP contribution in [-0.4, -0.2) is 71.2 Å². The number of nitrogens with two attached hydrogens (primary N) is 1. The highest BCUT2D eigenvalue weighted by Gasteiger charge is 2.52. The third-order valence-corrected chi connectivity index (χ3v) is 8.83. The minimum absolute atomic E-state index is 0.0400. The number of nitrogens with one attached hydrogen (secondary N) is 3. The lowest BCUT2D eigenvalue weighted by Gasteiger charge is -2.24. The Morgan fingerprint density at radius 2 is 1.77 bits per heavy atom. The standard InChI is InChI=1S/C31H32N6O5S/c1-36-9-8-22-12-21(6-7-25(22)36)19-2-4-20(5-3-19)29(39)35-16-27(38)37-18-31(41-10-11-42-31)14-26(37)30(40)34-15-24-13-23(17-43-24)28(32)33/h2-9,12-13,17,26H,10-11,14-16,18H2,1H3,(H3,32,33)(H,34,40)(H,35,39)/t26-/m0/s1. The Balaban J connectivity index is 1.08. The van der Waals surface area contributed by atoms with Crippen LogP contribution < -0.4 is 16.4 Å². The van der Waals surface area contributed by atoms with Gasteiger partial charge >= 0.3 is 0 Å². The predicted molar refractivity (Wildman–Crippen MR) is 163 cm³/mol. The summed E-state index contributed by atoms with van der Waals surface area (Å²) >= 11 is 1.38. The summed E-state index contributed by atoms with van der Waals surface area (Å²) in [5.41, 5.74) is 9.72. The molecule has 3 amide bonds. The molecule has 0 saturated carbocycles. The number of thiophene rings is 1. The minimum atomic E-state index is -1.04. The fourth-order valence-corrected chi connectivity index (χ4v) is 6.41. The van der Waals surface area contributed by atoms with Gasteiger partial charge < -0.3 is 35.3 Å². The lowest BCUT2D eigenvalue weighted by molar-refractivity contribution is -0.152. The van der Waals surface area contributed by atoms with Crippen LogP contribution in [0.5, 0.6) is 0 Å². The maximum atomic E-state index is 13.3. The van der Waals surface area contributed by atoms with Crippen LogP contribution in [0.15, 0.2) is 66.2 Å². The Bertz CT molecular complexity index is 1700. The molecule has 2 fully saturated rings. The maximum Gasteiger partial charge on any atom is 0.251 e. The first-order valence-corrected chi connectivity index (χ1v) is 14.8. The maximum absolute atomic E-state index is 13.3. The molecule has 6 rings (SSSR count). The number of benzene rings is 2. The summed E-state index contributed by atoms with van der Waals surface area (Å²) in [6.07, 6.45) is 2.21. The summed E-state index contributed by atoms with van der Waals surface area (Å²) < 4.78 is 13.7. The number of amides is 3. The summed E-state index contributed by atoms with van der Waals surface area (Å²) in [6.45, 7) is 0.804. The normalized spacial score (nSPS) is 17.4. The number of aryl methyl sites for hydroxylation is 1. The molecule has 2 aliphatic heterocycles. The van der Waals surface area contributed by atoms with Gasteiger partial charge in [-0.15, -0.1) is 11.3 Å². The number of hydrogen-bond donors (Lipinski definition) is 4. The van der Waals surface area contributed by atoms with E-state index in [1.54, 1.807) is 23.6 Å². The second kappa shape index (κ2) is 11.6. The third kappa shape index (κ3) is 5.89. The van der Waals surface area contributed by atoms with Crippen LogP contribution in [0.25, 0.3) is 22.0 Å². The highest BCUT2D eigenvalue weighted by atomic mass is 32.1. The Morgan fingerprint density at radius 1 is 1.02 bits per heavy atom. The van der Waals surface area contributed by atoms with Crippen molar-refractivity contribution in [3.63, 3.8) is 0 Å². The molecule has 1 atom stereocenters. The van der Waals surface area contributed by atoms with Crippen molar-refractivity contribution in [2.24, 2.45) is 12.8 Å². The van der Waals surface area contributed by atoms with E-state index in [9.17, 15) is 14.4 Å². The predicted octanol–water partition coefficient (Wildman–Crippen LogP) is 2.58. The van der Waals surface area contributed by atoms with E-state index in [0.29, 0.717) is 24.3 Å². The van der Waals surface area contributed by atoms with Crippen molar-refractivity contribution in [1.82, 2.24) is 20.1 Å². The van der Waals surface area contributed by atoms with Gasteiger partial charge in [0.05, 0.1) is 32.8 Å². The van der Waals surface area contributed by atoms with Gasteiger partial charge in [0.2, 0.25) is 11.8 Å². The molecular formula is C31H32N6O5S. The number of hydrogen-bond acceptors (Lipinski definition) is 7. The van der Waals surface area contributed by atoms with Crippen LogP contribution in [0, 0.1) is 5.41 Å². The Labute approximate surface area is 252 Å². The van der Waals surface area contributed by atoms with E-state index in [2.05, 4.69) is 33.4 Å². The first-order chi connectivity index (χ1) is 20.7. The second-order valence-corrected chi connectivity index (χ2v) is 11.7. The third-order valence-electron chi connectivity index (χ3n) is 7.90. The lowest BCUT2D eigenvalue weighted by atomic mass is 10.0. The van der Waals surface area contributed by atoms with E-state index in [4.69, 9.17) is 20.6 Å². The molecule has 12 heteroatoms. The molecule has 0 radical (unpaired) electrons. The van der Waals surface area contributed by atoms with Crippen molar-refractivity contribution in [2.45, 2.75) is 24.8 Å². The molecular weight excluding hydrogens is 568 g/mol. The number of likely N-dealkylation sites (tertiary alicyclic amines) is 1. The zero-order valence-electron chi connectivity index (χ0n) is 23.6. The highest BCUT2D eigenvalue weighted by molar-refractivity contribution is 7.10. The number of amidine groups is 1. The molecule has 5 N–H and O–H groups in total. The molecule has 222 valence electrons. The van der Waals surface area contributed by atoms with Crippen LogP contribution in [0.2, 0.25) is 0 Å². The average Bonchev–Trinajstić information content (AvgIpc) is 3.82. The van der Waals surface area contributed by atoms with Crippen molar-refractivity contribution in [1.29, 1.82) is 5.41 Å². The number of nitrogen functional groups attached to an aromatic ring is 1. The van der Waals surface area contributed by atoms with Gasteiger partial charge in [0.15, 0.2) is 5.79 Å². The first-order valence-electron chi connectivity index (χ1n) is 13.9. The van der Waals surface area contributed by atoms with Crippen LogP contribution in [-0.2, 0) is 32.7 Å². The molecule has 2 aromatic heterocycles. The van der Waals surface area contributed by atoms with Gasteiger partial charge in [0.1, 0.15) is 11.9 Å². The van der Waals surface area contributed by atoms with Crippen LogP contribution >= 0.6 is 11.3 Å². The molecule has 2 aromatic carbocycles. The van der Waals surface area contributed by atoms with Gasteiger partial charge in [0, 0.05) is 52.0 Å². The van der Waals surface area contributed by atoms with E-state index in [1.807, 2.05) is 31.4 Å². The van der Waals surface area contributed by atoms with Crippen molar-refractivity contribution < 1.29 is 23.9 Å². The Kier molecular flexibility index (Phi) is 7.74. The van der Waals surface area contributed by atoms with E-state index in [1.165, 1.54) is 16.2 Å². The summed E-state index contributed by atoms with van der Waals surface area (Å²) in [5.74, 6) is -2.22. The van der Waals surface area contributed by atoms with Crippen molar-refractivity contribution in [2.75, 3.05) is 26.3 Å². The smallest absolute Gasteiger partial charge is 0.251 e. The Hall–Kier alpha value is -4.52. The van der Waals surface area contributed by atoms with Crippen LogP contribution in [0.1, 0.15) is 27.2 Å². The van der Waals surface area contributed by atoms with Gasteiger partial charge in [-0.05, 0) is 47.5 Å². The molecule has 2 aliphatic rings. The summed E-state index contributed by atoms with van der Waals surface area (Å²) in [6, 6.07) is 16.4. The summed E-state index contributed by atoms with van der Waals surface area (Å²) in [4.78, 5) is 41.7. The number of ether oxygens (including phenoxy) is 2. The minimum Gasteiger partial charge on any atom is -0.384 e. The molecule has 4 heterocycles. The number of carbonyl (C=O) groups is 3. The van der Waals surface area contributed by atoms with E-state index >= 15 is 0 Å². The van der Waals surface area contributed by atoms with Crippen molar-refractivity contribution in [3.8, 4) is 11.1 Å². The molecule has 0 bridgehead atoms. The fraction of sp³-hybridized carbons (Fsp3) is 0.290. The molecule has 11 nitrogen and oxygen atoms in total. The van der Waals surface area contributed by atoms with Crippen LogP contribution in [0.3, 0.4) is 0 Å². The quantitative estimate of drug-likeness (QED) is 0.180. The number of nitrogens with zero attached hydrogens (tertiary/aromatic N) is 2. The highest BCUT2D eigenvalue weighted by Crippen LogP contribution is 2.35. The number of aromatic nitrogens is 1. The number of carbonyl (C=O) groups excluding carboxylic acids is 3. The van der Waals surface area contributed by atoms with Gasteiger partial charge in [-0.25, -0.2) is 0 Å². The topological polar surface area (TPSA) is 152 Å². The van der Waals surface area contributed by atoms with Gasteiger partial charge in [-0.1, -0.05) is 18.2 Å². The van der Waals surface area contributed by atoms with E-state index in [0.717, 1.165) is 26.9 Å².